The van der Waals surface area contributed by atoms with Crippen LogP contribution in [-0.2, 0) is 23.4 Å². The summed E-state index contributed by atoms with van der Waals surface area (Å²) in [6.45, 7) is 15.6. The van der Waals surface area contributed by atoms with E-state index in [9.17, 15) is 0 Å². The van der Waals surface area contributed by atoms with Crippen molar-refractivity contribution in [3.05, 3.63) is 0 Å². The largest absolute Gasteiger partial charge is 0.417 e. The van der Waals surface area contributed by atoms with Crippen LogP contribution in [0, 0.1) is 12.3 Å². The summed E-state index contributed by atoms with van der Waals surface area (Å²) in [5.74, 6) is 1.95. The Hall–Kier alpha value is -0.423. The average Bonchev–Trinajstić information content (AvgIpc) is 2.76. The molecule has 1 rings (SSSR count). The molecule has 3 atom stereocenters. The Morgan fingerprint density at radius 3 is 2.38 bits per heavy atom. The standard InChI is InChI=1S/C18H34O5Si/c1-10-14-16(23-18(5,6)22-14)15(20-13-19-7)11-12-21-24(8,9)17(2,3)4/h1,14-16H,11-13H2,2-9H3/t14-,15+,16-/m1/s1. The van der Waals surface area contributed by atoms with E-state index >= 15 is 0 Å². The van der Waals surface area contributed by atoms with E-state index in [0.29, 0.717) is 13.0 Å². The monoisotopic (exact) mass is 358 g/mol. The molecule has 140 valence electrons. The van der Waals surface area contributed by atoms with Crippen molar-refractivity contribution >= 4 is 8.32 Å². The molecule has 0 aliphatic carbocycles. The molecule has 0 spiro atoms. The van der Waals surface area contributed by atoms with Crippen LogP contribution in [0.5, 0.6) is 0 Å². The highest BCUT2D eigenvalue weighted by atomic mass is 28.4. The fraction of sp³-hybridized carbons (Fsp3) is 0.889. The lowest BCUT2D eigenvalue weighted by atomic mass is 10.1. The van der Waals surface area contributed by atoms with E-state index in [0.717, 1.165) is 0 Å². The molecule has 1 aliphatic heterocycles. The molecule has 0 aromatic carbocycles. The summed E-state index contributed by atoms with van der Waals surface area (Å²) < 4.78 is 28.9. The Bertz CT molecular complexity index is 436. The summed E-state index contributed by atoms with van der Waals surface area (Å²) in [6, 6.07) is 0. The molecule has 5 nitrogen and oxygen atoms in total. The molecular formula is C18H34O5Si. The van der Waals surface area contributed by atoms with Crippen molar-refractivity contribution in [2.75, 3.05) is 20.5 Å². The molecular weight excluding hydrogens is 324 g/mol. The van der Waals surface area contributed by atoms with Gasteiger partial charge in [-0.3, -0.25) is 0 Å². The van der Waals surface area contributed by atoms with E-state index in [1.807, 2.05) is 13.8 Å². The molecule has 0 bridgehead atoms. The maximum absolute atomic E-state index is 6.25. The van der Waals surface area contributed by atoms with Gasteiger partial charge >= 0.3 is 0 Å². The summed E-state index contributed by atoms with van der Waals surface area (Å²) in [5, 5.41) is 0.173. The van der Waals surface area contributed by atoms with Gasteiger partial charge in [-0.15, -0.1) is 6.42 Å². The molecule has 0 unspecified atom stereocenters. The number of rotatable bonds is 8. The van der Waals surface area contributed by atoms with Crippen LogP contribution in [0.4, 0.5) is 0 Å². The molecule has 0 aromatic heterocycles. The Morgan fingerprint density at radius 2 is 1.88 bits per heavy atom. The summed E-state index contributed by atoms with van der Waals surface area (Å²) >= 11 is 0. The van der Waals surface area contributed by atoms with Crippen molar-refractivity contribution in [2.24, 2.45) is 0 Å². The van der Waals surface area contributed by atoms with Crippen molar-refractivity contribution in [2.45, 2.75) is 83.3 Å². The third kappa shape index (κ3) is 5.83. The smallest absolute Gasteiger partial charge is 0.191 e. The highest BCUT2D eigenvalue weighted by molar-refractivity contribution is 6.74. The first-order chi connectivity index (χ1) is 10.9. The van der Waals surface area contributed by atoms with Crippen molar-refractivity contribution in [3.8, 4) is 12.3 Å². The lowest BCUT2D eigenvalue weighted by Gasteiger charge is -2.36. The number of terminal acetylenes is 1. The van der Waals surface area contributed by atoms with Gasteiger partial charge in [0.15, 0.2) is 14.1 Å². The molecule has 0 N–H and O–H groups in total. The number of ether oxygens (including phenoxy) is 4. The molecule has 24 heavy (non-hydrogen) atoms. The normalized spacial score (nSPS) is 25.5. The van der Waals surface area contributed by atoms with Crippen LogP contribution in [0.25, 0.3) is 0 Å². The lowest BCUT2D eigenvalue weighted by molar-refractivity contribution is -0.171. The van der Waals surface area contributed by atoms with Crippen LogP contribution < -0.4 is 0 Å². The lowest BCUT2D eigenvalue weighted by Crippen LogP contribution is -2.43. The predicted octanol–water partition coefficient (Wildman–Crippen LogP) is 3.54. The summed E-state index contributed by atoms with van der Waals surface area (Å²) in [6.07, 6.45) is 5.28. The Labute approximate surface area is 148 Å². The quantitative estimate of drug-likeness (QED) is 0.377. The zero-order chi connectivity index (χ0) is 18.6. The molecule has 1 aliphatic rings. The molecule has 0 radical (unpaired) electrons. The van der Waals surface area contributed by atoms with Crippen LogP contribution in [0.1, 0.15) is 41.0 Å². The van der Waals surface area contributed by atoms with Crippen LogP contribution in [0.3, 0.4) is 0 Å². The maximum Gasteiger partial charge on any atom is 0.191 e. The molecule has 0 saturated carbocycles. The van der Waals surface area contributed by atoms with Gasteiger partial charge in [-0.25, -0.2) is 0 Å². The van der Waals surface area contributed by atoms with E-state index in [1.165, 1.54) is 0 Å². The van der Waals surface area contributed by atoms with Crippen LogP contribution in [0.15, 0.2) is 0 Å². The molecule has 0 aromatic rings. The van der Waals surface area contributed by atoms with Gasteiger partial charge in [-0.2, -0.15) is 0 Å². The van der Waals surface area contributed by atoms with Gasteiger partial charge < -0.3 is 23.4 Å². The topological polar surface area (TPSA) is 46.2 Å². The van der Waals surface area contributed by atoms with Gasteiger partial charge in [0.05, 0.1) is 6.10 Å². The first-order valence-corrected chi connectivity index (χ1v) is 11.4. The second-order valence-electron chi connectivity index (χ2n) is 8.20. The van der Waals surface area contributed by atoms with E-state index in [4.69, 9.17) is 29.8 Å². The third-order valence-electron chi connectivity index (χ3n) is 4.73. The van der Waals surface area contributed by atoms with Gasteiger partial charge in [0.2, 0.25) is 0 Å². The third-order valence-corrected chi connectivity index (χ3v) is 9.27. The SMILES string of the molecule is C#C[C@H]1OC(C)(C)O[C@H]1[C@H](CCO[Si](C)(C)C(C)(C)C)OCOC. The van der Waals surface area contributed by atoms with Crippen molar-refractivity contribution in [1.82, 2.24) is 0 Å². The molecule has 6 heteroatoms. The van der Waals surface area contributed by atoms with Crippen molar-refractivity contribution < 1.29 is 23.4 Å². The number of hydrogen-bond acceptors (Lipinski definition) is 5. The van der Waals surface area contributed by atoms with Gasteiger partial charge in [0.1, 0.15) is 19.0 Å². The predicted molar refractivity (Wildman–Crippen MR) is 97.2 cm³/mol. The van der Waals surface area contributed by atoms with E-state index < -0.39 is 20.2 Å². The Kier molecular flexibility index (Phi) is 7.48. The number of hydrogen-bond donors (Lipinski definition) is 0. The molecule has 0 amide bonds. The summed E-state index contributed by atoms with van der Waals surface area (Å²) in [4.78, 5) is 0. The summed E-state index contributed by atoms with van der Waals surface area (Å²) in [7, 11) is -0.200. The minimum atomic E-state index is -1.80. The van der Waals surface area contributed by atoms with E-state index in [1.54, 1.807) is 7.11 Å². The minimum Gasteiger partial charge on any atom is -0.417 e. The highest BCUT2D eigenvalue weighted by Crippen LogP contribution is 2.37. The molecule has 1 heterocycles. The van der Waals surface area contributed by atoms with Crippen LogP contribution in [-0.4, -0.2) is 52.9 Å². The fourth-order valence-electron chi connectivity index (χ4n) is 2.33. The van der Waals surface area contributed by atoms with E-state index in [-0.39, 0.29) is 24.0 Å². The molecule has 1 fully saturated rings. The zero-order valence-electron chi connectivity index (χ0n) is 16.5. The van der Waals surface area contributed by atoms with Gasteiger partial charge in [0, 0.05) is 13.7 Å². The van der Waals surface area contributed by atoms with Crippen molar-refractivity contribution in [1.29, 1.82) is 0 Å². The highest BCUT2D eigenvalue weighted by Gasteiger charge is 2.45. The van der Waals surface area contributed by atoms with Crippen LogP contribution in [0.2, 0.25) is 18.1 Å². The maximum atomic E-state index is 6.25. The average molecular weight is 359 g/mol. The molecule has 1 saturated heterocycles. The second-order valence-corrected chi connectivity index (χ2v) is 13.0. The number of methoxy groups -OCH3 is 1. The minimum absolute atomic E-state index is 0.173. The second kappa shape index (κ2) is 8.30. The first kappa shape index (κ1) is 21.6. The van der Waals surface area contributed by atoms with E-state index in [2.05, 4.69) is 39.8 Å². The Balaban J connectivity index is 2.71. The fourth-order valence-corrected chi connectivity index (χ4v) is 3.40. The zero-order valence-corrected chi connectivity index (χ0v) is 17.5. The van der Waals surface area contributed by atoms with Gasteiger partial charge in [-0.1, -0.05) is 26.7 Å². The van der Waals surface area contributed by atoms with Gasteiger partial charge in [-0.05, 0) is 38.4 Å². The first-order valence-electron chi connectivity index (χ1n) is 8.50. The van der Waals surface area contributed by atoms with Gasteiger partial charge in [0.25, 0.3) is 0 Å². The Morgan fingerprint density at radius 1 is 1.25 bits per heavy atom. The summed E-state index contributed by atoms with van der Waals surface area (Å²) in [5.41, 5.74) is 0. The van der Waals surface area contributed by atoms with Crippen molar-refractivity contribution in [3.63, 3.8) is 0 Å². The van der Waals surface area contributed by atoms with Crippen LogP contribution >= 0.6 is 0 Å².